The molecule has 17 heavy (non-hydrogen) atoms. The van der Waals surface area contributed by atoms with Gasteiger partial charge in [0, 0.05) is 13.2 Å². The normalized spacial score (nSPS) is 16.2. The van der Waals surface area contributed by atoms with Crippen LogP contribution in [0.4, 0.5) is 10.6 Å². The molecule has 0 aliphatic carbocycles. The average Bonchev–Trinajstić information content (AvgIpc) is 2.78. The predicted molar refractivity (Wildman–Crippen MR) is 56.5 cm³/mol. The van der Waals surface area contributed by atoms with Crippen molar-refractivity contribution in [3.63, 3.8) is 0 Å². The first kappa shape index (κ1) is 11.1. The fourth-order valence-corrected chi connectivity index (χ4v) is 1.52. The van der Waals surface area contributed by atoms with Gasteiger partial charge in [0.05, 0.1) is 13.1 Å². The molecule has 2 heterocycles. The van der Waals surface area contributed by atoms with Crippen LogP contribution in [0.5, 0.6) is 0 Å². The Labute approximate surface area is 96.6 Å². The predicted octanol–water partition coefficient (Wildman–Crippen LogP) is -1.11. The van der Waals surface area contributed by atoms with Gasteiger partial charge in [-0.25, -0.2) is 4.79 Å². The van der Waals surface area contributed by atoms with Crippen LogP contribution in [0.25, 0.3) is 0 Å². The molecule has 0 aromatic carbocycles. The van der Waals surface area contributed by atoms with Gasteiger partial charge in [-0.1, -0.05) is 0 Å². The number of nitrogen functional groups attached to an aromatic ring is 1. The summed E-state index contributed by atoms with van der Waals surface area (Å²) in [5, 5.41) is 3.91. The SMILES string of the molecule is CN1C(=O)C(=O)N(CCn2ccc(N)n2)C1=O. The number of nitrogens with two attached hydrogens (primary N) is 1. The van der Waals surface area contributed by atoms with Gasteiger partial charge in [0.25, 0.3) is 0 Å². The zero-order chi connectivity index (χ0) is 12.6. The highest BCUT2D eigenvalue weighted by molar-refractivity contribution is 6.44. The molecule has 1 aliphatic rings. The molecule has 2 N–H and O–H groups in total. The van der Waals surface area contributed by atoms with Gasteiger partial charge >= 0.3 is 17.8 Å². The van der Waals surface area contributed by atoms with Crippen molar-refractivity contribution >= 4 is 23.7 Å². The van der Waals surface area contributed by atoms with Crippen molar-refractivity contribution < 1.29 is 14.4 Å². The number of anilines is 1. The van der Waals surface area contributed by atoms with Gasteiger partial charge in [0.1, 0.15) is 5.82 Å². The molecule has 1 aromatic rings. The first-order chi connectivity index (χ1) is 8.00. The third-order valence-corrected chi connectivity index (χ3v) is 2.46. The summed E-state index contributed by atoms with van der Waals surface area (Å²) in [6.07, 6.45) is 1.63. The number of imide groups is 2. The first-order valence-electron chi connectivity index (χ1n) is 4.93. The van der Waals surface area contributed by atoms with Gasteiger partial charge < -0.3 is 5.73 Å². The summed E-state index contributed by atoms with van der Waals surface area (Å²) in [7, 11) is 1.27. The highest BCUT2D eigenvalue weighted by atomic mass is 16.2. The van der Waals surface area contributed by atoms with Crippen LogP contribution >= 0.6 is 0 Å². The third kappa shape index (κ3) is 1.84. The summed E-state index contributed by atoms with van der Waals surface area (Å²) in [4.78, 5) is 35.8. The summed E-state index contributed by atoms with van der Waals surface area (Å²) in [5.41, 5.74) is 5.42. The van der Waals surface area contributed by atoms with E-state index in [-0.39, 0.29) is 6.54 Å². The van der Waals surface area contributed by atoms with Crippen LogP contribution in [-0.2, 0) is 16.1 Å². The minimum Gasteiger partial charge on any atom is -0.382 e. The third-order valence-electron chi connectivity index (χ3n) is 2.46. The second-order valence-electron chi connectivity index (χ2n) is 3.61. The molecule has 0 radical (unpaired) electrons. The number of nitrogens with zero attached hydrogens (tertiary/aromatic N) is 4. The monoisotopic (exact) mass is 237 g/mol. The number of hydrogen-bond acceptors (Lipinski definition) is 5. The fraction of sp³-hybridized carbons (Fsp3) is 0.333. The maximum atomic E-state index is 11.5. The molecule has 0 atom stereocenters. The number of carbonyl (C=O) groups is 3. The van der Waals surface area contributed by atoms with Gasteiger partial charge in [-0.2, -0.15) is 5.10 Å². The lowest BCUT2D eigenvalue weighted by molar-refractivity contribution is -0.142. The molecule has 1 saturated heterocycles. The van der Waals surface area contributed by atoms with Crippen LogP contribution in [0.1, 0.15) is 0 Å². The van der Waals surface area contributed by atoms with E-state index in [1.165, 1.54) is 11.7 Å². The van der Waals surface area contributed by atoms with E-state index in [0.29, 0.717) is 12.4 Å². The maximum Gasteiger partial charge on any atom is 0.334 e. The van der Waals surface area contributed by atoms with E-state index < -0.39 is 17.8 Å². The van der Waals surface area contributed by atoms with E-state index in [2.05, 4.69) is 5.10 Å². The molecule has 1 fully saturated rings. The van der Waals surface area contributed by atoms with Crippen LogP contribution in [-0.4, -0.2) is 51.0 Å². The highest BCUT2D eigenvalue weighted by Crippen LogP contribution is 2.09. The zero-order valence-electron chi connectivity index (χ0n) is 9.16. The average molecular weight is 237 g/mol. The Kier molecular flexibility index (Phi) is 2.54. The summed E-state index contributed by atoms with van der Waals surface area (Å²) >= 11 is 0. The molecular formula is C9H11N5O3. The summed E-state index contributed by atoms with van der Waals surface area (Å²) < 4.78 is 1.50. The Morgan fingerprint density at radius 2 is 1.94 bits per heavy atom. The van der Waals surface area contributed by atoms with Crippen molar-refractivity contribution in [3.05, 3.63) is 12.3 Å². The molecule has 8 nitrogen and oxygen atoms in total. The molecule has 2 rings (SSSR count). The number of aromatic nitrogens is 2. The van der Waals surface area contributed by atoms with Gasteiger partial charge in [-0.15, -0.1) is 0 Å². The number of rotatable bonds is 3. The summed E-state index contributed by atoms with van der Waals surface area (Å²) in [6, 6.07) is 0.991. The van der Waals surface area contributed by atoms with Crippen molar-refractivity contribution in [3.8, 4) is 0 Å². The Morgan fingerprint density at radius 1 is 1.24 bits per heavy atom. The van der Waals surface area contributed by atoms with Crippen molar-refractivity contribution in [1.82, 2.24) is 19.6 Å². The van der Waals surface area contributed by atoms with Crippen molar-refractivity contribution in [2.24, 2.45) is 0 Å². The van der Waals surface area contributed by atoms with Crippen LogP contribution in [0, 0.1) is 0 Å². The lowest BCUT2D eigenvalue weighted by atomic mass is 10.5. The van der Waals surface area contributed by atoms with Gasteiger partial charge in [-0.05, 0) is 6.07 Å². The molecule has 0 saturated carbocycles. The van der Waals surface area contributed by atoms with E-state index in [1.54, 1.807) is 12.3 Å². The van der Waals surface area contributed by atoms with E-state index in [1.807, 2.05) is 0 Å². The van der Waals surface area contributed by atoms with Crippen molar-refractivity contribution in [2.75, 3.05) is 19.3 Å². The van der Waals surface area contributed by atoms with Crippen molar-refractivity contribution in [1.29, 1.82) is 0 Å². The van der Waals surface area contributed by atoms with E-state index in [9.17, 15) is 14.4 Å². The Morgan fingerprint density at radius 3 is 2.41 bits per heavy atom. The minimum absolute atomic E-state index is 0.0921. The highest BCUT2D eigenvalue weighted by Gasteiger charge is 2.41. The molecule has 90 valence electrons. The largest absolute Gasteiger partial charge is 0.382 e. The first-order valence-corrected chi connectivity index (χ1v) is 4.93. The Hall–Kier alpha value is -2.38. The molecular weight excluding hydrogens is 226 g/mol. The van der Waals surface area contributed by atoms with E-state index >= 15 is 0 Å². The quantitative estimate of drug-likeness (QED) is 0.530. The van der Waals surface area contributed by atoms with Crippen LogP contribution in [0.15, 0.2) is 12.3 Å². The number of urea groups is 1. The van der Waals surface area contributed by atoms with Crippen LogP contribution in [0.2, 0.25) is 0 Å². The zero-order valence-corrected chi connectivity index (χ0v) is 9.16. The van der Waals surface area contributed by atoms with Gasteiger partial charge in [-0.3, -0.25) is 24.1 Å². The molecule has 0 spiro atoms. The number of amides is 4. The molecule has 4 amide bonds. The minimum atomic E-state index is -0.810. The summed E-state index contributed by atoms with van der Waals surface area (Å²) in [6.45, 7) is 0.394. The second kappa shape index (κ2) is 3.89. The second-order valence-corrected chi connectivity index (χ2v) is 3.61. The Bertz CT molecular complexity index is 495. The van der Waals surface area contributed by atoms with E-state index in [4.69, 9.17) is 5.73 Å². The molecule has 0 unspecified atom stereocenters. The van der Waals surface area contributed by atoms with Gasteiger partial charge in [0.2, 0.25) is 0 Å². The van der Waals surface area contributed by atoms with Crippen LogP contribution in [0.3, 0.4) is 0 Å². The molecule has 1 aliphatic heterocycles. The smallest absolute Gasteiger partial charge is 0.334 e. The van der Waals surface area contributed by atoms with Gasteiger partial charge in [0.15, 0.2) is 0 Å². The molecule has 0 bridgehead atoms. The number of carbonyl (C=O) groups excluding carboxylic acids is 3. The number of hydrogen-bond donors (Lipinski definition) is 1. The van der Waals surface area contributed by atoms with Crippen LogP contribution < -0.4 is 5.73 Å². The summed E-state index contributed by atoms with van der Waals surface area (Å²) in [5.74, 6) is -1.26. The molecule has 1 aromatic heterocycles. The van der Waals surface area contributed by atoms with Crippen molar-refractivity contribution in [2.45, 2.75) is 6.54 Å². The standard InChI is InChI=1S/C9H11N5O3/c1-12-7(15)8(16)14(9(12)17)5-4-13-3-2-6(10)11-13/h2-3H,4-5H2,1H3,(H2,10,11). The lowest BCUT2D eigenvalue weighted by Crippen LogP contribution is -2.34. The van der Waals surface area contributed by atoms with E-state index in [0.717, 1.165) is 9.80 Å². The Balaban J connectivity index is 2.02. The molecule has 8 heteroatoms. The topological polar surface area (TPSA) is 102 Å². The maximum absolute atomic E-state index is 11.5. The lowest BCUT2D eigenvalue weighted by Gasteiger charge is -2.12. The number of likely N-dealkylation sites (N-methyl/N-ethyl adjacent to an activating group) is 1. The fourth-order valence-electron chi connectivity index (χ4n) is 1.52.